The normalized spacial score (nSPS) is 22.5. The number of nitrogens with zero attached hydrogens (tertiary/aromatic N) is 1. The van der Waals surface area contributed by atoms with Gasteiger partial charge in [0, 0.05) is 13.1 Å². The number of amides is 1. The Morgan fingerprint density at radius 3 is 2.42 bits per heavy atom. The van der Waals surface area contributed by atoms with Crippen LogP contribution in [0.4, 0.5) is 0 Å². The van der Waals surface area contributed by atoms with E-state index in [1.54, 1.807) is 24.0 Å². The van der Waals surface area contributed by atoms with Crippen LogP contribution in [0.5, 0.6) is 0 Å². The van der Waals surface area contributed by atoms with Gasteiger partial charge in [0.05, 0.1) is 15.2 Å². The molecular formula is C13H15NO4S. The fraction of sp³-hybridized carbons (Fsp3) is 0.462. The Kier molecular flexibility index (Phi) is 3.45. The highest BCUT2D eigenvalue weighted by molar-refractivity contribution is 7.15. The Labute approximate surface area is 114 Å². The molecule has 0 aromatic carbocycles. The SMILES string of the molecule is CC(=O)c1ccc(C(=O)N2CCC(C)(C(=O)O)C2)s1. The molecular weight excluding hydrogens is 266 g/mol. The lowest BCUT2D eigenvalue weighted by molar-refractivity contribution is -0.147. The molecule has 0 bridgehead atoms. The van der Waals surface area contributed by atoms with Crippen LogP contribution in [-0.2, 0) is 4.79 Å². The molecule has 1 atom stereocenters. The van der Waals surface area contributed by atoms with E-state index in [1.165, 1.54) is 6.92 Å². The third-order valence-electron chi connectivity index (χ3n) is 3.44. The fourth-order valence-electron chi connectivity index (χ4n) is 2.11. The highest BCUT2D eigenvalue weighted by atomic mass is 32.1. The summed E-state index contributed by atoms with van der Waals surface area (Å²) in [6, 6.07) is 3.26. The first-order chi connectivity index (χ1) is 8.83. The van der Waals surface area contributed by atoms with Gasteiger partial charge in [-0.1, -0.05) is 0 Å². The lowest BCUT2D eigenvalue weighted by Gasteiger charge is -2.19. The molecule has 2 heterocycles. The van der Waals surface area contributed by atoms with Gasteiger partial charge in [-0.2, -0.15) is 0 Å². The predicted molar refractivity (Wildman–Crippen MR) is 70.6 cm³/mol. The van der Waals surface area contributed by atoms with Gasteiger partial charge in [0.1, 0.15) is 0 Å². The molecule has 0 radical (unpaired) electrons. The number of carboxylic acid groups (broad SMARTS) is 1. The number of likely N-dealkylation sites (tertiary alicyclic amines) is 1. The Morgan fingerprint density at radius 2 is 1.95 bits per heavy atom. The number of ketones is 1. The van der Waals surface area contributed by atoms with Gasteiger partial charge in [-0.15, -0.1) is 11.3 Å². The second kappa shape index (κ2) is 4.77. The summed E-state index contributed by atoms with van der Waals surface area (Å²) in [5.74, 6) is -1.14. The van der Waals surface area contributed by atoms with Crippen LogP contribution in [0.3, 0.4) is 0 Å². The summed E-state index contributed by atoms with van der Waals surface area (Å²) in [7, 11) is 0. The number of rotatable bonds is 3. The highest BCUT2D eigenvalue weighted by Gasteiger charge is 2.42. The summed E-state index contributed by atoms with van der Waals surface area (Å²) in [5.41, 5.74) is -0.865. The summed E-state index contributed by atoms with van der Waals surface area (Å²) >= 11 is 1.16. The maximum absolute atomic E-state index is 12.2. The number of Topliss-reactive ketones (excluding diaryl/α,β-unsaturated/α-hetero) is 1. The minimum absolute atomic E-state index is 0.0687. The molecule has 0 aliphatic carbocycles. The molecule has 0 saturated carbocycles. The topological polar surface area (TPSA) is 74.7 Å². The quantitative estimate of drug-likeness (QED) is 0.858. The third kappa shape index (κ3) is 2.53. The summed E-state index contributed by atoms with van der Waals surface area (Å²) in [5, 5.41) is 9.14. The first kappa shape index (κ1) is 13.7. The summed E-state index contributed by atoms with van der Waals surface area (Å²) < 4.78 is 0. The number of carbonyl (C=O) groups excluding carboxylic acids is 2. The first-order valence-electron chi connectivity index (χ1n) is 5.97. The second-order valence-corrected chi connectivity index (χ2v) is 6.15. The van der Waals surface area contributed by atoms with E-state index in [0.29, 0.717) is 22.7 Å². The summed E-state index contributed by atoms with van der Waals surface area (Å²) in [4.78, 5) is 37.1. The van der Waals surface area contributed by atoms with Gasteiger partial charge >= 0.3 is 5.97 Å². The van der Waals surface area contributed by atoms with Gasteiger partial charge in [-0.05, 0) is 32.4 Å². The molecule has 1 aliphatic rings. The van der Waals surface area contributed by atoms with Crippen LogP contribution in [-0.4, -0.2) is 40.8 Å². The number of hydrogen-bond donors (Lipinski definition) is 1. The van der Waals surface area contributed by atoms with E-state index in [9.17, 15) is 14.4 Å². The Balaban J connectivity index is 2.13. The van der Waals surface area contributed by atoms with Crippen LogP contribution in [0.1, 0.15) is 39.6 Å². The van der Waals surface area contributed by atoms with E-state index in [-0.39, 0.29) is 18.2 Å². The molecule has 1 unspecified atom stereocenters. The van der Waals surface area contributed by atoms with Crippen LogP contribution >= 0.6 is 11.3 Å². The zero-order valence-electron chi connectivity index (χ0n) is 10.8. The third-order valence-corrected chi connectivity index (χ3v) is 4.61. The lowest BCUT2D eigenvalue weighted by atomic mass is 9.90. The van der Waals surface area contributed by atoms with Gasteiger partial charge in [-0.25, -0.2) is 0 Å². The van der Waals surface area contributed by atoms with Crippen molar-refractivity contribution in [1.29, 1.82) is 0 Å². The largest absolute Gasteiger partial charge is 0.481 e. The van der Waals surface area contributed by atoms with Gasteiger partial charge in [0.25, 0.3) is 5.91 Å². The Hall–Kier alpha value is -1.69. The van der Waals surface area contributed by atoms with Gasteiger partial charge in [-0.3, -0.25) is 14.4 Å². The Bertz CT molecular complexity index is 551. The number of thiophene rings is 1. The van der Waals surface area contributed by atoms with Crippen molar-refractivity contribution < 1.29 is 19.5 Å². The van der Waals surface area contributed by atoms with Crippen molar-refractivity contribution in [3.63, 3.8) is 0 Å². The molecule has 1 N–H and O–H groups in total. The average Bonchev–Trinajstić information content (AvgIpc) is 2.95. The van der Waals surface area contributed by atoms with Gasteiger partial charge < -0.3 is 10.0 Å². The van der Waals surface area contributed by atoms with Gasteiger partial charge in [0.2, 0.25) is 0 Å². The number of carbonyl (C=O) groups is 3. The Morgan fingerprint density at radius 1 is 1.32 bits per heavy atom. The lowest BCUT2D eigenvalue weighted by Crippen LogP contribution is -2.34. The molecule has 5 nitrogen and oxygen atoms in total. The number of aliphatic carboxylic acids is 1. The second-order valence-electron chi connectivity index (χ2n) is 5.06. The zero-order valence-corrected chi connectivity index (χ0v) is 11.6. The molecule has 1 aromatic heterocycles. The van der Waals surface area contributed by atoms with Crippen molar-refractivity contribution in [2.45, 2.75) is 20.3 Å². The standard InChI is InChI=1S/C13H15NO4S/c1-8(15)9-3-4-10(19-9)11(16)14-6-5-13(2,7-14)12(17)18/h3-4H,5-7H2,1-2H3,(H,17,18). The first-order valence-corrected chi connectivity index (χ1v) is 6.78. The van der Waals surface area contributed by atoms with Crippen molar-refractivity contribution in [1.82, 2.24) is 4.90 Å². The molecule has 1 amide bonds. The number of hydrogen-bond acceptors (Lipinski definition) is 4. The minimum atomic E-state index is -0.876. The van der Waals surface area contributed by atoms with E-state index >= 15 is 0 Å². The van der Waals surface area contributed by atoms with Crippen molar-refractivity contribution in [2.24, 2.45) is 5.41 Å². The molecule has 1 saturated heterocycles. The van der Waals surface area contributed by atoms with Crippen LogP contribution < -0.4 is 0 Å². The maximum Gasteiger partial charge on any atom is 0.311 e. The molecule has 19 heavy (non-hydrogen) atoms. The van der Waals surface area contributed by atoms with Crippen LogP contribution in [0.15, 0.2) is 12.1 Å². The molecule has 102 valence electrons. The molecule has 1 fully saturated rings. The molecule has 0 spiro atoms. The van der Waals surface area contributed by atoms with Crippen molar-refractivity contribution in [2.75, 3.05) is 13.1 Å². The molecule has 1 aromatic rings. The van der Waals surface area contributed by atoms with Crippen LogP contribution in [0, 0.1) is 5.41 Å². The molecule has 6 heteroatoms. The predicted octanol–water partition coefficient (Wildman–Crippen LogP) is 1.89. The van der Waals surface area contributed by atoms with Crippen LogP contribution in [0.25, 0.3) is 0 Å². The van der Waals surface area contributed by atoms with E-state index < -0.39 is 11.4 Å². The smallest absolute Gasteiger partial charge is 0.311 e. The van der Waals surface area contributed by atoms with Gasteiger partial charge in [0.15, 0.2) is 5.78 Å². The van der Waals surface area contributed by atoms with Crippen LogP contribution in [0.2, 0.25) is 0 Å². The molecule has 1 aliphatic heterocycles. The van der Waals surface area contributed by atoms with Crippen molar-refractivity contribution >= 4 is 29.0 Å². The summed E-state index contributed by atoms with van der Waals surface area (Å²) in [6.07, 6.45) is 0.457. The van der Waals surface area contributed by atoms with E-state index in [4.69, 9.17) is 5.11 Å². The molecule has 2 rings (SSSR count). The average molecular weight is 281 g/mol. The fourth-order valence-corrected chi connectivity index (χ4v) is 2.98. The van der Waals surface area contributed by atoms with E-state index in [0.717, 1.165) is 11.3 Å². The van der Waals surface area contributed by atoms with E-state index in [2.05, 4.69) is 0 Å². The number of carboxylic acids is 1. The monoisotopic (exact) mass is 281 g/mol. The highest BCUT2D eigenvalue weighted by Crippen LogP contribution is 2.31. The van der Waals surface area contributed by atoms with E-state index in [1.807, 2.05) is 0 Å². The van der Waals surface area contributed by atoms with Crippen molar-refractivity contribution in [3.05, 3.63) is 21.9 Å². The zero-order chi connectivity index (χ0) is 14.2. The minimum Gasteiger partial charge on any atom is -0.481 e. The summed E-state index contributed by atoms with van der Waals surface area (Å²) in [6.45, 7) is 3.76. The van der Waals surface area contributed by atoms with Crippen molar-refractivity contribution in [3.8, 4) is 0 Å². The maximum atomic E-state index is 12.2.